The molecule has 0 fully saturated rings. The smallest absolute Gasteiger partial charge is 0.190 e. The zero-order valence-electron chi connectivity index (χ0n) is 8.06. The van der Waals surface area contributed by atoms with Crippen molar-refractivity contribution in [2.24, 2.45) is 7.05 Å². The van der Waals surface area contributed by atoms with Gasteiger partial charge in [0.2, 0.25) is 0 Å². The van der Waals surface area contributed by atoms with Gasteiger partial charge in [0, 0.05) is 39.6 Å². The Morgan fingerprint density at radius 1 is 1.62 bits per heavy atom. The van der Waals surface area contributed by atoms with E-state index >= 15 is 0 Å². The number of aromatic nitrogens is 2. The summed E-state index contributed by atoms with van der Waals surface area (Å²) in [4.78, 5) is 13.2. The van der Waals surface area contributed by atoms with E-state index in [1.54, 1.807) is 30.3 Å². The molecule has 0 saturated heterocycles. The second-order valence-electron chi connectivity index (χ2n) is 3.05. The Kier molecular flexibility index (Phi) is 2.84. The molecule has 0 unspecified atom stereocenters. The molecule has 4 nitrogen and oxygen atoms in total. The van der Waals surface area contributed by atoms with E-state index in [9.17, 15) is 4.79 Å². The maximum atomic E-state index is 11.4. The molecule has 0 bridgehead atoms. The molecule has 0 aliphatic carbocycles. The summed E-state index contributed by atoms with van der Waals surface area (Å²) in [6.07, 6.45) is 6.50. The highest BCUT2D eigenvalue weighted by molar-refractivity contribution is 6.04. The van der Waals surface area contributed by atoms with Crippen molar-refractivity contribution in [3.8, 4) is 0 Å². The zero-order valence-corrected chi connectivity index (χ0v) is 8.06. The molecule has 70 valence electrons. The van der Waals surface area contributed by atoms with Gasteiger partial charge in [-0.25, -0.2) is 0 Å². The van der Waals surface area contributed by atoms with E-state index in [2.05, 4.69) is 5.10 Å². The topological polar surface area (TPSA) is 38.1 Å². The van der Waals surface area contributed by atoms with Crippen LogP contribution < -0.4 is 0 Å². The van der Waals surface area contributed by atoms with Crippen molar-refractivity contribution in [2.75, 3.05) is 14.1 Å². The number of aryl methyl sites for hydroxylation is 1. The Balaban J connectivity index is 2.69. The number of hydrogen-bond acceptors (Lipinski definition) is 3. The van der Waals surface area contributed by atoms with E-state index in [0.717, 1.165) is 0 Å². The predicted octanol–water partition coefficient (Wildman–Crippen LogP) is 0.678. The van der Waals surface area contributed by atoms with Crippen LogP contribution in [-0.4, -0.2) is 34.6 Å². The summed E-state index contributed by atoms with van der Waals surface area (Å²) in [6.45, 7) is 0. The molecule has 0 N–H and O–H groups in total. The molecule has 1 rings (SSSR count). The van der Waals surface area contributed by atoms with Gasteiger partial charge in [-0.3, -0.25) is 9.48 Å². The lowest BCUT2D eigenvalue weighted by molar-refractivity contribution is 0.104. The van der Waals surface area contributed by atoms with Crippen LogP contribution in [0.3, 0.4) is 0 Å². The molecule has 1 aromatic rings. The number of hydrogen-bond donors (Lipinski definition) is 0. The number of carbonyl (C=O) groups excluding carboxylic acids is 1. The van der Waals surface area contributed by atoms with E-state index in [4.69, 9.17) is 0 Å². The van der Waals surface area contributed by atoms with Crippen LogP contribution in [0.2, 0.25) is 0 Å². The van der Waals surface area contributed by atoms with Crippen LogP contribution in [-0.2, 0) is 7.05 Å². The van der Waals surface area contributed by atoms with Crippen molar-refractivity contribution in [1.82, 2.24) is 14.7 Å². The second-order valence-corrected chi connectivity index (χ2v) is 3.05. The number of rotatable bonds is 3. The molecule has 1 aromatic heterocycles. The fourth-order valence-corrected chi connectivity index (χ4v) is 0.861. The first kappa shape index (κ1) is 9.51. The Morgan fingerprint density at radius 3 is 2.77 bits per heavy atom. The zero-order chi connectivity index (χ0) is 9.84. The highest BCUT2D eigenvalue weighted by atomic mass is 16.1. The van der Waals surface area contributed by atoms with Gasteiger partial charge in [-0.2, -0.15) is 5.10 Å². The number of ketones is 1. The van der Waals surface area contributed by atoms with Crippen LogP contribution >= 0.6 is 0 Å². The molecule has 4 heteroatoms. The summed E-state index contributed by atoms with van der Waals surface area (Å²) in [7, 11) is 5.52. The average molecular weight is 179 g/mol. The highest BCUT2D eigenvalue weighted by Crippen LogP contribution is 1.98. The lowest BCUT2D eigenvalue weighted by Gasteiger charge is -2.01. The molecule has 0 spiro atoms. The van der Waals surface area contributed by atoms with Gasteiger partial charge < -0.3 is 4.90 Å². The fourth-order valence-electron chi connectivity index (χ4n) is 0.861. The van der Waals surface area contributed by atoms with Crippen LogP contribution in [0.5, 0.6) is 0 Å². The van der Waals surface area contributed by atoms with Gasteiger partial charge in [0.1, 0.15) is 0 Å². The third-order valence-electron chi connectivity index (χ3n) is 1.51. The van der Waals surface area contributed by atoms with Crippen LogP contribution in [0.1, 0.15) is 10.4 Å². The first-order valence-electron chi connectivity index (χ1n) is 3.97. The Hall–Kier alpha value is -1.58. The molecule has 0 aliphatic heterocycles. The van der Waals surface area contributed by atoms with E-state index in [1.165, 1.54) is 6.08 Å². The van der Waals surface area contributed by atoms with Gasteiger partial charge in [0.25, 0.3) is 0 Å². The lowest BCUT2D eigenvalue weighted by Crippen LogP contribution is -2.02. The predicted molar refractivity (Wildman–Crippen MR) is 50.4 cm³/mol. The monoisotopic (exact) mass is 179 g/mol. The van der Waals surface area contributed by atoms with Crippen LogP contribution in [0.4, 0.5) is 0 Å². The maximum absolute atomic E-state index is 11.4. The van der Waals surface area contributed by atoms with E-state index < -0.39 is 0 Å². The molecule has 0 aromatic carbocycles. The van der Waals surface area contributed by atoms with Gasteiger partial charge in [0.15, 0.2) is 5.78 Å². The number of allylic oxidation sites excluding steroid dienone is 1. The van der Waals surface area contributed by atoms with E-state index in [1.807, 2.05) is 19.0 Å². The van der Waals surface area contributed by atoms with Crippen molar-refractivity contribution in [2.45, 2.75) is 0 Å². The second kappa shape index (κ2) is 3.89. The molecule has 0 atom stereocenters. The first-order valence-corrected chi connectivity index (χ1v) is 3.97. The largest absolute Gasteiger partial charge is 0.383 e. The van der Waals surface area contributed by atoms with Crippen LogP contribution in [0.25, 0.3) is 0 Å². The van der Waals surface area contributed by atoms with Crippen molar-refractivity contribution in [3.05, 3.63) is 30.2 Å². The summed E-state index contributed by atoms with van der Waals surface area (Å²) in [5, 5.41) is 3.91. The summed E-state index contributed by atoms with van der Waals surface area (Å²) in [5.41, 5.74) is 0.612. The first-order chi connectivity index (χ1) is 6.09. The minimum Gasteiger partial charge on any atom is -0.383 e. The normalized spacial score (nSPS) is 10.7. The maximum Gasteiger partial charge on any atom is 0.190 e. The third-order valence-corrected chi connectivity index (χ3v) is 1.51. The van der Waals surface area contributed by atoms with Crippen LogP contribution in [0.15, 0.2) is 24.7 Å². The van der Waals surface area contributed by atoms with Crippen molar-refractivity contribution in [3.63, 3.8) is 0 Å². The van der Waals surface area contributed by atoms with Crippen LogP contribution in [0, 0.1) is 0 Å². The van der Waals surface area contributed by atoms with Crippen molar-refractivity contribution >= 4 is 5.78 Å². The Labute approximate surface area is 77.5 Å². The standard InChI is InChI=1S/C9H13N3O/c1-11(2)5-4-9(13)8-6-10-12(3)7-8/h4-7H,1-3H3. The minimum atomic E-state index is -0.0261. The number of carbonyl (C=O) groups is 1. The summed E-state index contributed by atoms with van der Waals surface area (Å²) < 4.78 is 1.61. The molecule has 0 saturated carbocycles. The molecule has 0 radical (unpaired) electrons. The average Bonchev–Trinajstić information content (AvgIpc) is 2.47. The summed E-state index contributed by atoms with van der Waals surface area (Å²) >= 11 is 0. The van der Waals surface area contributed by atoms with E-state index in [-0.39, 0.29) is 5.78 Å². The molecule has 0 aliphatic rings. The highest BCUT2D eigenvalue weighted by Gasteiger charge is 2.02. The van der Waals surface area contributed by atoms with Gasteiger partial charge >= 0.3 is 0 Å². The molecule has 0 amide bonds. The summed E-state index contributed by atoms with van der Waals surface area (Å²) in [5.74, 6) is -0.0261. The molecule has 13 heavy (non-hydrogen) atoms. The third kappa shape index (κ3) is 2.74. The van der Waals surface area contributed by atoms with Gasteiger partial charge in [-0.1, -0.05) is 0 Å². The van der Waals surface area contributed by atoms with Crippen molar-refractivity contribution < 1.29 is 4.79 Å². The van der Waals surface area contributed by atoms with Gasteiger partial charge in [0.05, 0.1) is 11.8 Å². The van der Waals surface area contributed by atoms with Crippen molar-refractivity contribution in [1.29, 1.82) is 0 Å². The minimum absolute atomic E-state index is 0.0261. The summed E-state index contributed by atoms with van der Waals surface area (Å²) in [6, 6.07) is 0. The van der Waals surface area contributed by atoms with E-state index in [0.29, 0.717) is 5.56 Å². The number of nitrogens with zero attached hydrogens (tertiary/aromatic N) is 3. The molecular weight excluding hydrogens is 166 g/mol. The molecule has 1 heterocycles. The quantitative estimate of drug-likeness (QED) is 0.506. The Bertz CT molecular complexity index is 325. The lowest BCUT2D eigenvalue weighted by atomic mass is 10.2. The Morgan fingerprint density at radius 2 is 2.31 bits per heavy atom. The van der Waals surface area contributed by atoms with Gasteiger partial charge in [-0.15, -0.1) is 0 Å². The SMILES string of the molecule is CN(C)C=CC(=O)c1cnn(C)c1. The molecular formula is C9H13N3O. The fraction of sp³-hybridized carbons (Fsp3) is 0.333. The van der Waals surface area contributed by atoms with Gasteiger partial charge in [-0.05, 0) is 0 Å².